The minimum Gasteiger partial charge on any atom is -0.249 e. The van der Waals surface area contributed by atoms with Crippen LogP contribution in [0.2, 0.25) is 0 Å². The summed E-state index contributed by atoms with van der Waals surface area (Å²) in [5.41, 5.74) is 0. The number of pyridine rings is 1. The van der Waals surface area contributed by atoms with Gasteiger partial charge in [0, 0.05) is 6.20 Å². The van der Waals surface area contributed by atoms with E-state index in [9.17, 15) is 0 Å². The van der Waals surface area contributed by atoms with Crippen LogP contribution in [0.25, 0.3) is 0 Å². The van der Waals surface area contributed by atoms with Gasteiger partial charge in [-0.1, -0.05) is 16.9 Å². The second-order valence-electron chi connectivity index (χ2n) is 1.35. The Morgan fingerprint density at radius 1 is 1.44 bits per heavy atom. The van der Waals surface area contributed by atoms with Crippen LogP contribution >= 0.6 is 21.4 Å². The lowest BCUT2D eigenvalue weighted by Gasteiger charge is -1.92. The van der Waals surface area contributed by atoms with Crippen molar-refractivity contribution in [1.29, 1.82) is 0 Å². The summed E-state index contributed by atoms with van der Waals surface area (Å²) >= 11 is 0. The largest absolute Gasteiger partial charge is 0.249 e. The van der Waals surface area contributed by atoms with E-state index in [1.807, 2.05) is 18.2 Å². The number of hydrogen-bond donors (Lipinski definition) is 0. The molecule has 0 fully saturated rings. The fourth-order valence-corrected chi connectivity index (χ4v) is 1.37. The summed E-state index contributed by atoms with van der Waals surface area (Å²) in [5, 5.41) is 0.949. The Kier molecular flexibility index (Phi) is 3.01. The van der Waals surface area contributed by atoms with E-state index in [1.165, 1.54) is 21.4 Å². The van der Waals surface area contributed by atoms with E-state index < -0.39 is 0 Å². The molecule has 0 unspecified atom stereocenters. The molecule has 1 rings (SSSR count). The molecule has 1 nitrogen and oxygen atoms in total. The van der Waals surface area contributed by atoms with Crippen molar-refractivity contribution in [2.45, 2.75) is 5.03 Å². The van der Waals surface area contributed by atoms with Crippen molar-refractivity contribution in [3.05, 3.63) is 24.4 Å². The predicted octanol–water partition coefficient (Wildman–Crippen LogP) is 1.91. The summed E-state index contributed by atoms with van der Waals surface area (Å²) in [4.78, 5) is 4.03. The fourth-order valence-electron chi connectivity index (χ4n) is 0.446. The molecule has 0 saturated carbocycles. The van der Waals surface area contributed by atoms with Crippen LogP contribution in [0.4, 0.5) is 0 Å². The standard InChI is InChI=1S/C5H4BNS2/c6-9-8-5-3-1-2-4-7-5/h1-4H. The van der Waals surface area contributed by atoms with Gasteiger partial charge in [0.05, 0.1) is 0 Å². The Morgan fingerprint density at radius 2 is 2.33 bits per heavy atom. The van der Waals surface area contributed by atoms with E-state index >= 15 is 0 Å². The number of rotatable bonds is 2. The van der Waals surface area contributed by atoms with Crippen LogP contribution < -0.4 is 0 Å². The van der Waals surface area contributed by atoms with Gasteiger partial charge in [-0.05, 0) is 12.1 Å². The molecule has 0 N–H and O–H groups in total. The van der Waals surface area contributed by atoms with Crippen LogP contribution in [0.3, 0.4) is 0 Å². The monoisotopic (exact) mass is 153 g/mol. The van der Waals surface area contributed by atoms with E-state index in [4.69, 9.17) is 7.12 Å². The van der Waals surface area contributed by atoms with Crippen LogP contribution in [0.5, 0.6) is 0 Å². The van der Waals surface area contributed by atoms with Crippen molar-refractivity contribution < 1.29 is 0 Å². The van der Waals surface area contributed by atoms with Crippen LogP contribution in [0.15, 0.2) is 29.4 Å². The zero-order valence-corrected chi connectivity index (χ0v) is 6.28. The number of aromatic nitrogens is 1. The van der Waals surface area contributed by atoms with Crippen molar-refractivity contribution in [3.8, 4) is 0 Å². The lowest BCUT2D eigenvalue weighted by atomic mass is 10.5. The first-order chi connectivity index (χ1) is 4.43. The smallest absolute Gasteiger partial charge is 0.178 e. The van der Waals surface area contributed by atoms with Crippen molar-refractivity contribution in [1.82, 2.24) is 4.98 Å². The van der Waals surface area contributed by atoms with Crippen molar-refractivity contribution >= 4 is 28.6 Å². The number of nitrogens with zero attached hydrogens (tertiary/aromatic N) is 1. The highest BCUT2D eigenvalue weighted by Crippen LogP contribution is 2.24. The molecule has 0 saturated heterocycles. The molecule has 0 amide bonds. The normalized spacial score (nSPS) is 9.33. The summed E-state index contributed by atoms with van der Waals surface area (Å²) < 4.78 is 0. The summed E-state index contributed by atoms with van der Waals surface area (Å²) in [6.07, 6.45) is 1.75. The molecule has 0 atom stereocenters. The molecular weight excluding hydrogens is 149 g/mol. The summed E-state index contributed by atoms with van der Waals surface area (Å²) in [5.74, 6) is 0. The molecule has 0 aromatic carbocycles. The maximum Gasteiger partial charge on any atom is 0.178 e. The van der Waals surface area contributed by atoms with Crippen molar-refractivity contribution in [3.63, 3.8) is 0 Å². The minimum atomic E-state index is 0.949. The maximum absolute atomic E-state index is 5.20. The minimum absolute atomic E-state index is 0.949. The van der Waals surface area contributed by atoms with E-state index in [0.717, 1.165) is 5.03 Å². The molecule has 2 radical (unpaired) electrons. The average Bonchev–Trinajstić information content (AvgIpc) is 1.91. The van der Waals surface area contributed by atoms with Gasteiger partial charge in [0.15, 0.2) is 7.12 Å². The third kappa shape index (κ3) is 2.32. The SMILES string of the molecule is [B]SSc1ccccn1. The van der Waals surface area contributed by atoms with Crippen LogP contribution in [0.1, 0.15) is 0 Å². The molecule has 0 aliphatic heterocycles. The molecular formula is C5H4BNS2. The molecule has 44 valence electrons. The van der Waals surface area contributed by atoms with Gasteiger partial charge in [-0.3, -0.25) is 0 Å². The van der Waals surface area contributed by atoms with Crippen molar-refractivity contribution in [2.75, 3.05) is 0 Å². The van der Waals surface area contributed by atoms with Gasteiger partial charge in [-0.25, -0.2) is 4.98 Å². The molecule has 9 heavy (non-hydrogen) atoms. The molecule has 0 bridgehead atoms. The Bertz CT molecular complexity index is 168. The zero-order valence-electron chi connectivity index (χ0n) is 4.65. The van der Waals surface area contributed by atoms with Crippen LogP contribution in [-0.2, 0) is 0 Å². The van der Waals surface area contributed by atoms with Crippen LogP contribution in [0, 0.1) is 0 Å². The van der Waals surface area contributed by atoms with E-state index in [-0.39, 0.29) is 0 Å². The number of hydrogen-bond acceptors (Lipinski definition) is 3. The summed E-state index contributed by atoms with van der Waals surface area (Å²) in [7, 11) is 7.87. The Labute approximate surface area is 63.3 Å². The third-order valence-corrected chi connectivity index (χ3v) is 2.08. The van der Waals surface area contributed by atoms with E-state index in [2.05, 4.69) is 4.98 Å². The molecule has 0 aliphatic rings. The van der Waals surface area contributed by atoms with E-state index in [0.29, 0.717) is 0 Å². The lowest BCUT2D eigenvalue weighted by molar-refractivity contribution is 1.14. The second-order valence-corrected chi connectivity index (χ2v) is 3.20. The third-order valence-electron chi connectivity index (χ3n) is 0.771. The molecule has 1 heterocycles. The van der Waals surface area contributed by atoms with Gasteiger partial charge >= 0.3 is 0 Å². The first-order valence-corrected chi connectivity index (χ1v) is 4.59. The molecule has 1 aromatic rings. The molecule has 0 spiro atoms. The first kappa shape index (κ1) is 7.03. The Hall–Kier alpha value is -0.0851. The molecule has 1 aromatic heterocycles. The van der Waals surface area contributed by atoms with Gasteiger partial charge in [0.25, 0.3) is 0 Å². The fraction of sp³-hybridized carbons (Fsp3) is 0. The highest BCUT2D eigenvalue weighted by molar-refractivity contribution is 8.84. The topological polar surface area (TPSA) is 12.9 Å². The average molecular weight is 153 g/mol. The van der Waals surface area contributed by atoms with Crippen molar-refractivity contribution in [2.24, 2.45) is 0 Å². The molecule has 4 heteroatoms. The lowest BCUT2D eigenvalue weighted by Crippen LogP contribution is -1.71. The highest BCUT2D eigenvalue weighted by atomic mass is 33.1. The highest BCUT2D eigenvalue weighted by Gasteiger charge is 1.87. The predicted molar refractivity (Wildman–Crippen MR) is 43.4 cm³/mol. The summed E-state index contributed by atoms with van der Waals surface area (Å²) in [6.45, 7) is 0. The first-order valence-electron chi connectivity index (χ1n) is 2.38. The van der Waals surface area contributed by atoms with Crippen LogP contribution in [-0.4, -0.2) is 12.1 Å². The molecule has 0 aliphatic carbocycles. The van der Waals surface area contributed by atoms with Gasteiger partial charge in [0.2, 0.25) is 0 Å². The Balaban J connectivity index is 2.61. The van der Waals surface area contributed by atoms with Gasteiger partial charge in [-0.15, -0.1) is 0 Å². The van der Waals surface area contributed by atoms with Gasteiger partial charge in [-0.2, -0.15) is 10.6 Å². The van der Waals surface area contributed by atoms with E-state index in [1.54, 1.807) is 6.20 Å². The second kappa shape index (κ2) is 3.85. The van der Waals surface area contributed by atoms with Gasteiger partial charge < -0.3 is 0 Å². The summed E-state index contributed by atoms with van der Waals surface area (Å²) in [6, 6.07) is 5.74. The zero-order chi connectivity index (χ0) is 6.53. The Morgan fingerprint density at radius 3 is 2.89 bits per heavy atom. The maximum atomic E-state index is 5.20. The van der Waals surface area contributed by atoms with Gasteiger partial charge in [0.1, 0.15) is 5.03 Å². The quantitative estimate of drug-likeness (QED) is 0.475.